The predicted octanol–water partition coefficient (Wildman–Crippen LogP) is 1.61. The fourth-order valence-electron chi connectivity index (χ4n) is 4.18. The average Bonchev–Trinajstić information content (AvgIpc) is 2.67. The number of carbonyl (C=O) groups is 1. The molecule has 1 aromatic carbocycles. The van der Waals surface area contributed by atoms with E-state index in [0.29, 0.717) is 13.0 Å². The summed E-state index contributed by atoms with van der Waals surface area (Å²) in [5.74, 6) is -0.0604. The number of amides is 1. The fourth-order valence-corrected chi connectivity index (χ4v) is 4.18. The zero-order valence-electron chi connectivity index (χ0n) is 16.1. The average molecular weight is 360 g/mol. The minimum Gasteiger partial charge on any atom is -0.379 e. The van der Waals surface area contributed by atoms with Gasteiger partial charge >= 0.3 is 0 Å². The second-order valence-electron chi connectivity index (χ2n) is 7.73. The van der Waals surface area contributed by atoms with Crippen LogP contribution in [0.5, 0.6) is 0 Å². The molecule has 2 fully saturated rings. The molecule has 0 bridgehead atoms. The van der Waals surface area contributed by atoms with Crippen molar-refractivity contribution in [2.45, 2.75) is 38.2 Å². The summed E-state index contributed by atoms with van der Waals surface area (Å²) < 4.78 is 0. The maximum Gasteiger partial charge on any atom is 0.255 e. The Kier molecular flexibility index (Phi) is 6.68. The van der Waals surface area contributed by atoms with Crippen LogP contribution in [0.3, 0.4) is 0 Å². The zero-order valence-corrected chi connectivity index (χ0v) is 16.1. The molecule has 0 aromatic heterocycles. The molecule has 2 saturated heterocycles. The molecule has 3 rings (SSSR count). The van der Waals surface area contributed by atoms with Crippen molar-refractivity contribution in [2.75, 3.05) is 52.4 Å². The van der Waals surface area contributed by atoms with Crippen molar-refractivity contribution in [3.63, 3.8) is 0 Å². The first-order valence-corrected chi connectivity index (χ1v) is 10.1. The number of rotatable bonds is 7. The Bertz CT molecular complexity index is 572. The molecule has 2 heterocycles. The van der Waals surface area contributed by atoms with E-state index in [9.17, 15) is 9.90 Å². The molecule has 0 radical (unpaired) electrons. The van der Waals surface area contributed by atoms with Crippen molar-refractivity contribution in [3.05, 3.63) is 35.9 Å². The summed E-state index contributed by atoms with van der Waals surface area (Å²) in [4.78, 5) is 19.5. The Morgan fingerprint density at radius 2 is 1.73 bits per heavy atom. The molecule has 0 aliphatic carbocycles. The number of nitrogens with zero attached hydrogens (tertiary/aromatic N) is 3. The molecule has 5 heteroatoms. The lowest BCUT2D eigenvalue weighted by Gasteiger charge is -2.43. The van der Waals surface area contributed by atoms with Crippen molar-refractivity contribution in [3.8, 4) is 0 Å². The van der Waals surface area contributed by atoms with Crippen LogP contribution < -0.4 is 0 Å². The first-order chi connectivity index (χ1) is 12.6. The molecule has 1 aromatic rings. The quantitative estimate of drug-likeness (QED) is 0.804. The molecular formula is C21H33N3O2. The van der Waals surface area contributed by atoms with Gasteiger partial charge in [0.15, 0.2) is 5.60 Å². The molecule has 0 unspecified atom stereocenters. The van der Waals surface area contributed by atoms with Crippen LogP contribution in [0.4, 0.5) is 0 Å². The Labute approximate surface area is 157 Å². The van der Waals surface area contributed by atoms with Crippen molar-refractivity contribution >= 4 is 5.91 Å². The SMILES string of the molecule is CCN1CCN(C[C@]2(O)CCCN(CCCc3ccccc3)C2=O)CC1. The topological polar surface area (TPSA) is 47.0 Å². The van der Waals surface area contributed by atoms with Crippen molar-refractivity contribution in [1.29, 1.82) is 0 Å². The van der Waals surface area contributed by atoms with Crippen molar-refractivity contribution in [2.24, 2.45) is 0 Å². The van der Waals surface area contributed by atoms with E-state index in [4.69, 9.17) is 0 Å². The van der Waals surface area contributed by atoms with Gasteiger partial charge < -0.3 is 14.9 Å². The largest absolute Gasteiger partial charge is 0.379 e. The van der Waals surface area contributed by atoms with Gasteiger partial charge in [-0.3, -0.25) is 9.69 Å². The minimum atomic E-state index is -1.20. The highest BCUT2D eigenvalue weighted by Gasteiger charge is 2.43. The number of β-amino-alcohol motifs (C(OH)–C–C–N with tert-alkyl or cyclic N) is 1. The lowest BCUT2D eigenvalue weighted by molar-refractivity contribution is -0.160. The number of aliphatic hydroxyl groups is 1. The van der Waals surface area contributed by atoms with Gasteiger partial charge in [0.2, 0.25) is 0 Å². The molecule has 0 spiro atoms. The summed E-state index contributed by atoms with van der Waals surface area (Å²) in [5, 5.41) is 11.1. The summed E-state index contributed by atoms with van der Waals surface area (Å²) in [6.45, 7) is 9.20. The van der Waals surface area contributed by atoms with Crippen LogP contribution in [0.15, 0.2) is 30.3 Å². The van der Waals surface area contributed by atoms with Crippen LogP contribution in [0.1, 0.15) is 31.7 Å². The predicted molar refractivity (Wildman–Crippen MR) is 104 cm³/mol. The van der Waals surface area contributed by atoms with Gasteiger partial charge in [-0.15, -0.1) is 0 Å². The number of piperazine rings is 1. The Balaban J connectivity index is 1.49. The Morgan fingerprint density at radius 3 is 2.42 bits per heavy atom. The molecule has 26 heavy (non-hydrogen) atoms. The number of aryl methyl sites for hydroxylation is 1. The fraction of sp³-hybridized carbons (Fsp3) is 0.667. The second-order valence-corrected chi connectivity index (χ2v) is 7.73. The van der Waals surface area contributed by atoms with E-state index in [1.54, 1.807) is 0 Å². The first kappa shape index (κ1) is 19.3. The van der Waals surface area contributed by atoms with E-state index in [1.807, 2.05) is 11.0 Å². The molecule has 1 N–H and O–H groups in total. The Hall–Kier alpha value is -1.43. The summed E-state index contributed by atoms with van der Waals surface area (Å²) in [6.07, 6.45) is 3.40. The lowest BCUT2D eigenvalue weighted by Crippen LogP contribution is -2.60. The Morgan fingerprint density at radius 1 is 1.04 bits per heavy atom. The van der Waals surface area contributed by atoms with Gasteiger partial charge in [-0.1, -0.05) is 37.3 Å². The van der Waals surface area contributed by atoms with Gasteiger partial charge in [0.25, 0.3) is 5.91 Å². The van der Waals surface area contributed by atoms with Crippen molar-refractivity contribution < 1.29 is 9.90 Å². The minimum absolute atomic E-state index is 0.0604. The molecule has 5 nitrogen and oxygen atoms in total. The molecule has 2 aliphatic heterocycles. The maximum absolute atomic E-state index is 12.9. The number of carbonyl (C=O) groups excluding carboxylic acids is 1. The van der Waals surface area contributed by atoms with E-state index in [2.05, 4.69) is 41.0 Å². The lowest BCUT2D eigenvalue weighted by atomic mass is 9.90. The molecular weight excluding hydrogens is 326 g/mol. The van der Waals surface area contributed by atoms with E-state index >= 15 is 0 Å². The standard InChI is InChI=1S/C21H33N3O2/c1-2-22-14-16-23(17-15-22)18-21(26)11-7-13-24(20(21)25)12-6-10-19-8-4-3-5-9-19/h3-5,8-9,26H,2,6-7,10-18H2,1H3/t21-/m1/s1. The smallest absolute Gasteiger partial charge is 0.255 e. The number of hydrogen-bond acceptors (Lipinski definition) is 4. The highest BCUT2D eigenvalue weighted by molar-refractivity contribution is 5.86. The normalized spacial score (nSPS) is 25.6. The van der Waals surface area contributed by atoms with E-state index < -0.39 is 5.60 Å². The first-order valence-electron chi connectivity index (χ1n) is 10.1. The third kappa shape index (κ3) is 4.84. The summed E-state index contributed by atoms with van der Waals surface area (Å²) in [7, 11) is 0. The van der Waals surface area contributed by atoms with Gasteiger partial charge in [-0.05, 0) is 37.8 Å². The summed E-state index contributed by atoms with van der Waals surface area (Å²) >= 11 is 0. The molecule has 144 valence electrons. The third-order valence-electron chi connectivity index (χ3n) is 5.84. The summed E-state index contributed by atoms with van der Waals surface area (Å²) in [6, 6.07) is 10.4. The van der Waals surface area contributed by atoms with Crippen LogP contribution in [0, 0.1) is 0 Å². The van der Waals surface area contributed by atoms with E-state index in [1.165, 1.54) is 5.56 Å². The molecule has 1 amide bonds. The number of likely N-dealkylation sites (tertiary alicyclic amines) is 1. The van der Waals surface area contributed by atoms with Crippen LogP contribution in [-0.4, -0.2) is 83.7 Å². The molecule has 1 atom stereocenters. The number of benzene rings is 1. The van der Waals surface area contributed by atoms with Crippen LogP contribution >= 0.6 is 0 Å². The van der Waals surface area contributed by atoms with Gasteiger partial charge in [-0.25, -0.2) is 0 Å². The van der Waals surface area contributed by atoms with E-state index in [0.717, 1.165) is 65.1 Å². The number of piperidine rings is 1. The second kappa shape index (κ2) is 8.98. The van der Waals surface area contributed by atoms with Crippen LogP contribution in [-0.2, 0) is 11.2 Å². The van der Waals surface area contributed by atoms with Crippen LogP contribution in [0.25, 0.3) is 0 Å². The summed E-state index contributed by atoms with van der Waals surface area (Å²) in [5.41, 5.74) is 0.111. The monoisotopic (exact) mass is 359 g/mol. The van der Waals surface area contributed by atoms with Gasteiger partial charge in [-0.2, -0.15) is 0 Å². The number of hydrogen-bond donors (Lipinski definition) is 1. The van der Waals surface area contributed by atoms with Crippen molar-refractivity contribution in [1.82, 2.24) is 14.7 Å². The highest BCUT2D eigenvalue weighted by atomic mass is 16.3. The van der Waals surface area contributed by atoms with Crippen LogP contribution in [0.2, 0.25) is 0 Å². The molecule has 2 aliphatic rings. The van der Waals surface area contributed by atoms with E-state index in [-0.39, 0.29) is 5.91 Å². The highest BCUT2D eigenvalue weighted by Crippen LogP contribution is 2.25. The third-order valence-corrected chi connectivity index (χ3v) is 5.84. The number of likely N-dealkylation sites (N-methyl/N-ethyl adjacent to an activating group) is 1. The maximum atomic E-state index is 12.9. The van der Waals surface area contributed by atoms with Gasteiger partial charge in [0.05, 0.1) is 0 Å². The molecule has 0 saturated carbocycles. The van der Waals surface area contributed by atoms with Gasteiger partial charge in [0, 0.05) is 45.8 Å². The zero-order chi connectivity index (χ0) is 18.4. The van der Waals surface area contributed by atoms with Gasteiger partial charge in [0.1, 0.15) is 0 Å².